The molecule has 1 N–H and O–H groups in total. The van der Waals surface area contributed by atoms with Crippen LogP contribution in [0.2, 0.25) is 0 Å². The van der Waals surface area contributed by atoms with Crippen LogP contribution in [-0.4, -0.2) is 10.9 Å². The zero-order valence-electron chi connectivity index (χ0n) is 11.5. The van der Waals surface area contributed by atoms with Gasteiger partial charge >= 0.3 is 0 Å². The van der Waals surface area contributed by atoms with Crippen molar-refractivity contribution in [1.82, 2.24) is 4.98 Å². The van der Waals surface area contributed by atoms with E-state index in [2.05, 4.69) is 23.3 Å². The van der Waals surface area contributed by atoms with Crippen LogP contribution in [0.4, 0.5) is 5.13 Å². The predicted octanol–water partition coefficient (Wildman–Crippen LogP) is 4.54. The Labute approximate surface area is 125 Å². The number of fused-ring (bicyclic) bond motifs is 1. The van der Waals surface area contributed by atoms with Gasteiger partial charge in [0.05, 0.1) is 15.1 Å². The molecule has 0 atom stereocenters. The number of amides is 1. The second-order valence-electron chi connectivity index (χ2n) is 4.79. The van der Waals surface area contributed by atoms with Gasteiger partial charge in [-0.3, -0.25) is 10.1 Å². The van der Waals surface area contributed by atoms with Gasteiger partial charge in [-0.05, 0) is 50.1 Å². The fourth-order valence-electron chi connectivity index (χ4n) is 1.93. The molecule has 0 aliphatic carbocycles. The molecule has 0 bridgehead atoms. The molecule has 0 unspecified atom stereocenters. The van der Waals surface area contributed by atoms with E-state index in [4.69, 9.17) is 0 Å². The first-order valence-corrected chi connectivity index (χ1v) is 7.92. The summed E-state index contributed by atoms with van der Waals surface area (Å²) in [5, 5.41) is 3.54. The fourth-order valence-corrected chi connectivity index (χ4v) is 3.82. The van der Waals surface area contributed by atoms with Gasteiger partial charge in [0.1, 0.15) is 0 Å². The Morgan fingerprint density at radius 3 is 2.65 bits per heavy atom. The summed E-state index contributed by atoms with van der Waals surface area (Å²) >= 11 is 3.02. The highest BCUT2D eigenvalue weighted by atomic mass is 32.1. The van der Waals surface area contributed by atoms with Crippen molar-refractivity contribution in [1.29, 1.82) is 0 Å². The number of nitrogens with one attached hydrogen (secondary N) is 1. The molecular weight excluding hydrogens is 288 g/mol. The lowest BCUT2D eigenvalue weighted by molar-refractivity contribution is 0.103. The number of anilines is 1. The topological polar surface area (TPSA) is 42.0 Å². The van der Waals surface area contributed by atoms with Crippen molar-refractivity contribution in [3.8, 4) is 0 Å². The number of nitrogens with zero attached hydrogens (tertiary/aromatic N) is 1. The molecule has 0 saturated heterocycles. The molecule has 0 aliphatic heterocycles. The standard InChI is InChI=1S/C15H14N2OS2/c1-8-4-5-11-12(6-8)20-15(16-11)17-14(18)13-7-9(2)10(3)19-13/h4-7H,1-3H3,(H,16,17,18). The van der Waals surface area contributed by atoms with Crippen LogP contribution in [0.3, 0.4) is 0 Å². The van der Waals surface area contributed by atoms with Crippen LogP contribution in [0, 0.1) is 20.8 Å². The first-order chi connectivity index (χ1) is 9.52. The highest BCUT2D eigenvalue weighted by molar-refractivity contribution is 7.22. The summed E-state index contributed by atoms with van der Waals surface area (Å²) in [5.41, 5.74) is 3.28. The van der Waals surface area contributed by atoms with Crippen molar-refractivity contribution in [3.63, 3.8) is 0 Å². The van der Waals surface area contributed by atoms with Crippen LogP contribution < -0.4 is 5.32 Å². The minimum absolute atomic E-state index is 0.0815. The number of thiazole rings is 1. The van der Waals surface area contributed by atoms with Crippen molar-refractivity contribution in [3.05, 3.63) is 45.1 Å². The van der Waals surface area contributed by atoms with Gasteiger partial charge in [-0.25, -0.2) is 4.98 Å². The second kappa shape index (κ2) is 5.00. The van der Waals surface area contributed by atoms with Crippen LogP contribution in [0.1, 0.15) is 25.7 Å². The van der Waals surface area contributed by atoms with E-state index < -0.39 is 0 Å². The molecule has 2 aromatic heterocycles. The van der Waals surface area contributed by atoms with Crippen molar-refractivity contribution < 1.29 is 4.79 Å². The molecule has 3 rings (SSSR count). The summed E-state index contributed by atoms with van der Waals surface area (Å²) in [4.78, 5) is 18.5. The number of hydrogen-bond acceptors (Lipinski definition) is 4. The highest BCUT2D eigenvalue weighted by Gasteiger charge is 2.13. The van der Waals surface area contributed by atoms with Gasteiger partial charge < -0.3 is 0 Å². The maximum atomic E-state index is 12.2. The van der Waals surface area contributed by atoms with Gasteiger partial charge in [-0.1, -0.05) is 17.4 Å². The van der Waals surface area contributed by atoms with Crippen LogP contribution >= 0.6 is 22.7 Å². The quantitative estimate of drug-likeness (QED) is 0.755. The van der Waals surface area contributed by atoms with Crippen molar-refractivity contribution in [2.24, 2.45) is 0 Å². The number of hydrogen-bond donors (Lipinski definition) is 1. The second-order valence-corrected chi connectivity index (χ2v) is 7.08. The van der Waals surface area contributed by atoms with Gasteiger partial charge in [0.25, 0.3) is 5.91 Å². The summed E-state index contributed by atoms with van der Waals surface area (Å²) < 4.78 is 1.10. The maximum Gasteiger partial charge on any atom is 0.267 e. The first kappa shape index (κ1) is 13.3. The molecule has 3 aromatic rings. The van der Waals surface area contributed by atoms with E-state index in [9.17, 15) is 4.79 Å². The molecular formula is C15H14N2OS2. The summed E-state index contributed by atoms with van der Waals surface area (Å²) in [5.74, 6) is -0.0815. The Morgan fingerprint density at radius 1 is 1.15 bits per heavy atom. The molecule has 1 amide bonds. The summed E-state index contributed by atoms with van der Waals surface area (Å²) in [7, 11) is 0. The Morgan fingerprint density at radius 2 is 1.95 bits per heavy atom. The molecule has 0 aliphatic rings. The predicted molar refractivity (Wildman–Crippen MR) is 86.1 cm³/mol. The number of benzene rings is 1. The molecule has 0 radical (unpaired) electrons. The molecule has 0 fully saturated rings. The summed E-state index contributed by atoms with van der Waals surface area (Å²) in [6, 6.07) is 8.02. The Bertz CT molecular complexity index is 782. The van der Waals surface area contributed by atoms with Crippen molar-refractivity contribution in [2.75, 3.05) is 5.32 Å². The number of rotatable bonds is 2. The molecule has 2 heterocycles. The lowest BCUT2D eigenvalue weighted by Crippen LogP contribution is -2.09. The number of aryl methyl sites for hydroxylation is 3. The van der Waals surface area contributed by atoms with Gasteiger partial charge in [-0.2, -0.15) is 0 Å². The molecule has 1 aromatic carbocycles. The summed E-state index contributed by atoms with van der Waals surface area (Å²) in [6.45, 7) is 6.09. The van der Waals surface area contributed by atoms with Crippen LogP contribution in [0.25, 0.3) is 10.2 Å². The number of carbonyl (C=O) groups is 1. The lowest BCUT2D eigenvalue weighted by Gasteiger charge is -1.97. The molecule has 0 spiro atoms. The number of carbonyl (C=O) groups excluding carboxylic acids is 1. The van der Waals surface area contributed by atoms with E-state index in [1.54, 1.807) is 0 Å². The van der Waals surface area contributed by atoms with Gasteiger partial charge in [0.2, 0.25) is 0 Å². The van der Waals surface area contributed by atoms with E-state index in [0.29, 0.717) is 5.13 Å². The Kier molecular flexibility index (Phi) is 3.31. The SMILES string of the molecule is Cc1ccc2nc(NC(=O)c3cc(C)c(C)s3)sc2c1. The van der Waals surface area contributed by atoms with Crippen molar-refractivity contribution in [2.45, 2.75) is 20.8 Å². The van der Waals surface area contributed by atoms with Crippen LogP contribution in [-0.2, 0) is 0 Å². The minimum atomic E-state index is -0.0815. The molecule has 3 nitrogen and oxygen atoms in total. The van der Waals surface area contributed by atoms with Crippen molar-refractivity contribution >= 4 is 43.9 Å². The average molecular weight is 302 g/mol. The fraction of sp³-hybridized carbons (Fsp3) is 0.200. The van der Waals surface area contributed by atoms with Crippen LogP contribution in [0.5, 0.6) is 0 Å². The molecule has 0 saturated carbocycles. The normalized spacial score (nSPS) is 10.9. The van der Waals surface area contributed by atoms with E-state index in [0.717, 1.165) is 20.7 Å². The first-order valence-electron chi connectivity index (χ1n) is 6.28. The third-order valence-electron chi connectivity index (χ3n) is 3.15. The molecule has 5 heteroatoms. The monoisotopic (exact) mass is 302 g/mol. The smallest absolute Gasteiger partial charge is 0.267 e. The van der Waals surface area contributed by atoms with E-state index in [1.165, 1.54) is 33.1 Å². The Hall–Kier alpha value is -1.72. The van der Waals surface area contributed by atoms with E-state index in [-0.39, 0.29) is 5.91 Å². The molecule has 102 valence electrons. The third kappa shape index (κ3) is 2.46. The Balaban J connectivity index is 1.87. The molecule has 20 heavy (non-hydrogen) atoms. The number of aromatic nitrogens is 1. The number of thiophene rings is 1. The maximum absolute atomic E-state index is 12.2. The van der Waals surface area contributed by atoms with Gasteiger partial charge in [-0.15, -0.1) is 11.3 Å². The minimum Gasteiger partial charge on any atom is -0.297 e. The van der Waals surface area contributed by atoms with E-state index in [1.807, 2.05) is 32.0 Å². The van der Waals surface area contributed by atoms with Gasteiger partial charge in [0, 0.05) is 4.88 Å². The average Bonchev–Trinajstić information content (AvgIpc) is 2.93. The lowest BCUT2D eigenvalue weighted by atomic mass is 10.2. The third-order valence-corrected chi connectivity index (χ3v) is 5.24. The van der Waals surface area contributed by atoms with Gasteiger partial charge in [0.15, 0.2) is 5.13 Å². The van der Waals surface area contributed by atoms with Crippen LogP contribution in [0.15, 0.2) is 24.3 Å². The summed E-state index contributed by atoms with van der Waals surface area (Å²) in [6.07, 6.45) is 0. The zero-order valence-corrected chi connectivity index (χ0v) is 13.1. The largest absolute Gasteiger partial charge is 0.297 e. The zero-order chi connectivity index (χ0) is 14.3. The highest BCUT2D eigenvalue weighted by Crippen LogP contribution is 2.28. The van der Waals surface area contributed by atoms with E-state index >= 15 is 0 Å².